The first kappa shape index (κ1) is 17.2. The van der Waals surface area contributed by atoms with Crippen LogP contribution in [0.25, 0.3) is 0 Å². The Kier molecular flexibility index (Phi) is 5.95. The van der Waals surface area contributed by atoms with E-state index < -0.39 is 10.0 Å². The van der Waals surface area contributed by atoms with Crippen molar-refractivity contribution in [1.82, 2.24) is 4.31 Å². The minimum atomic E-state index is -3.57. The molecular formula is C17H21NO2S. The van der Waals surface area contributed by atoms with Crippen LogP contribution in [0.3, 0.4) is 0 Å². The molecule has 0 aliphatic rings. The topological polar surface area (TPSA) is 37.4 Å². The molecule has 1 aromatic carbocycles. The van der Waals surface area contributed by atoms with Crippen molar-refractivity contribution in [1.29, 1.82) is 0 Å². The summed E-state index contributed by atoms with van der Waals surface area (Å²) in [4.78, 5) is 0.279. The summed E-state index contributed by atoms with van der Waals surface area (Å²) in [6.07, 6.45) is 0. The summed E-state index contributed by atoms with van der Waals surface area (Å²) in [7, 11) is -3.57. The van der Waals surface area contributed by atoms with Gasteiger partial charge in [0.2, 0.25) is 10.0 Å². The summed E-state index contributed by atoms with van der Waals surface area (Å²) in [5.74, 6) is 0. The fourth-order valence-electron chi connectivity index (χ4n) is 1.73. The third-order valence-corrected chi connectivity index (χ3v) is 4.90. The second kappa shape index (κ2) is 7.26. The monoisotopic (exact) mass is 303 g/mol. The van der Waals surface area contributed by atoms with Crippen molar-refractivity contribution < 1.29 is 8.42 Å². The quantitative estimate of drug-likeness (QED) is 0.755. The van der Waals surface area contributed by atoms with Crippen LogP contribution in [-0.4, -0.2) is 25.8 Å². The SMILES string of the molecule is C=C=C(C)CN(CC(C)=C=C)S(=O)(=O)c1ccc(C)cc1. The van der Waals surface area contributed by atoms with Gasteiger partial charge in [-0.3, -0.25) is 0 Å². The molecule has 0 saturated heterocycles. The number of hydrogen-bond donors (Lipinski definition) is 0. The lowest BCUT2D eigenvalue weighted by atomic mass is 10.2. The van der Waals surface area contributed by atoms with Crippen LogP contribution in [0.15, 0.2) is 64.9 Å². The van der Waals surface area contributed by atoms with Crippen molar-refractivity contribution in [3.8, 4) is 0 Å². The molecule has 0 saturated carbocycles. The molecule has 0 atom stereocenters. The Morgan fingerprint density at radius 2 is 1.48 bits per heavy atom. The zero-order chi connectivity index (χ0) is 16.0. The first-order valence-corrected chi connectivity index (χ1v) is 8.03. The van der Waals surface area contributed by atoms with E-state index in [2.05, 4.69) is 24.6 Å². The molecule has 0 aliphatic heterocycles. The van der Waals surface area contributed by atoms with Gasteiger partial charge in [-0.05, 0) is 44.1 Å². The van der Waals surface area contributed by atoms with Crippen LogP contribution in [0, 0.1) is 6.92 Å². The minimum absolute atomic E-state index is 0.249. The van der Waals surface area contributed by atoms with Crippen molar-refractivity contribution in [2.24, 2.45) is 0 Å². The van der Waals surface area contributed by atoms with Gasteiger partial charge in [-0.25, -0.2) is 8.42 Å². The van der Waals surface area contributed by atoms with Crippen molar-refractivity contribution in [3.05, 3.63) is 65.6 Å². The van der Waals surface area contributed by atoms with E-state index in [0.717, 1.165) is 16.7 Å². The number of sulfonamides is 1. The molecule has 0 spiro atoms. The zero-order valence-corrected chi connectivity index (χ0v) is 13.6. The van der Waals surface area contributed by atoms with E-state index in [1.54, 1.807) is 38.1 Å². The predicted molar refractivity (Wildman–Crippen MR) is 86.6 cm³/mol. The highest BCUT2D eigenvalue weighted by atomic mass is 32.2. The van der Waals surface area contributed by atoms with Crippen molar-refractivity contribution >= 4 is 10.0 Å². The minimum Gasteiger partial charge on any atom is -0.207 e. The van der Waals surface area contributed by atoms with E-state index in [4.69, 9.17) is 0 Å². The standard InChI is InChI=1S/C17H21NO2S/c1-6-14(3)12-18(13-15(4)7-2)21(19,20)17-10-8-16(5)9-11-17/h8-11H,1-2,12-13H2,3-5H3. The molecule has 0 radical (unpaired) electrons. The second-order valence-corrected chi connectivity index (χ2v) is 6.94. The van der Waals surface area contributed by atoms with Gasteiger partial charge in [0.05, 0.1) is 4.90 Å². The molecule has 0 N–H and O–H groups in total. The third-order valence-electron chi connectivity index (χ3n) is 3.09. The van der Waals surface area contributed by atoms with Gasteiger partial charge in [0.15, 0.2) is 0 Å². The molecule has 0 bridgehead atoms. The zero-order valence-electron chi connectivity index (χ0n) is 12.8. The average molecular weight is 303 g/mol. The van der Waals surface area contributed by atoms with E-state index in [1.165, 1.54) is 4.31 Å². The number of hydrogen-bond acceptors (Lipinski definition) is 2. The van der Waals surface area contributed by atoms with E-state index in [0.29, 0.717) is 0 Å². The molecule has 0 aromatic heterocycles. The smallest absolute Gasteiger partial charge is 0.207 e. The van der Waals surface area contributed by atoms with E-state index >= 15 is 0 Å². The lowest BCUT2D eigenvalue weighted by Crippen LogP contribution is -2.33. The number of rotatable bonds is 6. The number of benzene rings is 1. The number of nitrogens with zero attached hydrogens (tertiary/aromatic N) is 1. The molecule has 1 aromatic rings. The average Bonchev–Trinajstić information content (AvgIpc) is 2.46. The Hall–Kier alpha value is -1.83. The molecule has 0 aliphatic carbocycles. The van der Waals surface area contributed by atoms with Crippen LogP contribution >= 0.6 is 0 Å². The van der Waals surface area contributed by atoms with Crippen LogP contribution in [0.1, 0.15) is 19.4 Å². The molecule has 21 heavy (non-hydrogen) atoms. The van der Waals surface area contributed by atoms with Gasteiger partial charge < -0.3 is 0 Å². The summed E-state index contributed by atoms with van der Waals surface area (Å²) < 4.78 is 26.9. The molecule has 3 nitrogen and oxygen atoms in total. The molecule has 1 rings (SSSR count). The van der Waals surface area contributed by atoms with Gasteiger partial charge in [0.1, 0.15) is 0 Å². The van der Waals surface area contributed by atoms with Gasteiger partial charge in [-0.2, -0.15) is 4.31 Å². The van der Waals surface area contributed by atoms with Crippen LogP contribution in [0.2, 0.25) is 0 Å². The molecule has 0 fully saturated rings. The van der Waals surface area contributed by atoms with Gasteiger partial charge in [-0.15, -0.1) is 11.5 Å². The largest absolute Gasteiger partial charge is 0.243 e. The first-order chi connectivity index (χ1) is 9.81. The molecular weight excluding hydrogens is 282 g/mol. The lowest BCUT2D eigenvalue weighted by Gasteiger charge is -2.22. The highest BCUT2D eigenvalue weighted by Crippen LogP contribution is 2.18. The van der Waals surface area contributed by atoms with Gasteiger partial charge >= 0.3 is 0 Å². The maximum absolute atomic E-state index is 12.7. The van der Waals surface area contributed by atoms with E-state index in [-0.39, 0.29) is 18.0 Å². The van der Waals surface area contributed by atoms with Crippen molar-refractivity contribution in [3.63, 3.8) is 0 Å². The van der Waals surface area contributed by atoms with Gasteiger partial charge in [-0.1, -0.05) is 30.9 Å². The first-order valence-electron chi connectivity index (χ1n) is 6.59. The molecule has 112 valence electrons. The Bertz CT molecular complexity index is 676. The summed E-state index contributed by atoms with van der Waals surface area (Å²) in [6, 6.07) is 6.82. The number of aryl methyl sites for hydroxylation is 1. The van der Waals surface area contributed by atoms with Crippen molar-refractivity contribution in [2.75, 3.05) is 13.1 Å². The van der Waals surface area contributed by atoms with Crippen LogP contribution in [-0.2, 0) is 10.0 Å². The van der Waals surface area contributed by atoms with Gasteiger partial charge in [0, 0.05) is 13.1 Å². The molecule has 4 heteroatoms. The van der Waals surface area contributed by atoms with Crippen LogP contribution in [0.5, 0.6) is 0 Å². The molecule has 0 heterocycles. The molecule has 0 amide bonds. The Labute approximate surface area is 127 Å². The fraction of sp³-hybridized carbons (Fsp3) is 0.294. The maximum atomic E-state index is 12.7. The summed E-state index contributed by atoms with van der Waals surface area (Å²) in [6.45, 7) is 13.1. The van der Waals surface area contributed by atoms with Crippen LogP contribution < -0.4 is 0 Å². The van der Waals surface area contributed by atoms with Crippen LogP contribution in [0.4, 0.5) is 0 Å². The fourth-order valence-corrected chi connectivity index (χ4v) is 3.23. The normalized spacial score (nSPS) is 10.9. The summed E-state index contributed by atoms with van der Waals surface area (Å²) in [5, 5.41) is 0. The Morgan fingerprint density at radius 1 is 1.05 bits per heavy atom. The highest BCUT2D eigenvalue weighted by Gasteiger charge is 2.24. The van der Waals surface area contributed by atoms with Crippen molar-refractivity contribution in [2.45, 2.75) is 25.7 Å². The second-order valence-electron chi connectivity index (χ2n) is 5.00. The highest BCUT2D eigenvalue weighted by molar-refractivity contribution is 7.89. The van der Waals surface area contributed by atoms with E-state index in [9.17, 15) is 8.42 Å². The third kappa shape index (κ3) is 4.59. The summed E-state index contributed by atoms with van der Waals surface area (Å²) >= 11 is 0. The lowest BCUT2D eigenvalue weighted by molar-refractivity contribution is 0.460. The Balaban J connectivity index is 3.25. The van der Waals surface area contributed by atoms with Gasteiger partial charge in [0.25, 0.3) is 0 Å². The molecule has 0 unspecified atom stereocenters. The predicted octanol–water partition coefficient (Wildman–Crippen LogP) is 3.45. The Morgan fingerprint density at radius 3 is 1.86 bits per heavy atom. The maximum Gasteiger partial charge on any atom is 0.243 e. The summed E-state index contributed by atoms with van der Waals surface area (Å²) in [5.41, 5.74) is 8.02. The van der Waals surface area contributed by atoms with E-state index in [1.807, 2.05) is 6.92 Å².